The number of aliphatic carboxylic acids is 1. The Kier molecular flexibility index (Phi) is 3.74. The molecule has 1 aromatic rings. The van der Waals surface area contributed by atoms with Crippen LogP contribution in [-0.4, -0.2) is 49.9 Å². The fraction of sp³-hybridized carbons (Fsp3) is 0.786. The molecule has 6 heteroatoms. The van der Waals surface area contributed by atoms with E-state index in [1.165, 1.54) is 12.8 Å². The zero-order chi connectivity index (χ0) is 14.1. The predicted molar refractivity (Wildman–Crippen MR) is 73.6 cm³/mol. The van der Waals surface area contributed by atoms with Gasteiger partial charge in [-0.25, -0.2) is 4.79 Å². The molecule has 20 heavy (non-hydrogen) atoms. The molecule has 0 amide bonds. The van der Waals surface area contributed by atoms with Crippen molar-refractivity contribution in [1.82, 2.24) is 19.7 Å². The number of nitrogens with zero attached hydrogens (tertiary/aromatic N) is 4. The molecule has 1 N–H and O–H groups in total. The van der Waals surface area contributed by atoms with E-state index in [4.69, 9.17) is 0 Å². The van der Waals surface area contributed by atoms with Crippen molar-refractivity contribution in [3.63, 3.8) is 0 Å². The van der Waals surface area contributed by atoms with Crippen molar-refractivity contribution in [1.29, 1.82) is 0 Å². The monoisotopic (exact) mass is 278 g/mol. The van der Waals surface area contributed by atoms with Gasteiger partial charge in [0.25, 0.3) is 0 Å². The van der Waals surface area contributed by atoms with E-state index in [-0.39, 0.29) is 0 Å². The van der Waals surface area contributed by atoms with E-state index in [9.17, 15) is 9.90 Å². The minimum atomic E-state index is -0.759. The molecule has 0 bridgehead atoms. The molecular formula is C14H22N4O2. The lowest BCUT2D eigenvalue weighted by Gasteiger charge is -2.26. The topological polar surface area (TPSA) is 71.2 Å². The third-order valence-electron chi connectivity index (χ3n) is 4.64. The van der Waals surface area contributed by atoms with E-state index in [2.05, 4.69) is 22.0 Å². The Hall–Kier alpha value is -1.43. The summed E-state index contributed by atoms with van der Waals surface area (Å²) in [6.07, 6.45) is 5.65. The first-order valence-corrected chi connectivity index (χ1v) is 7.60. The standard InChI is InChI=1S/C14H22N4O2/c1-2-17-8-4-5-10(17)9-13-16-15-12-7-3-6-11(14(19)20)18(12)13/h10-11H,2-9H2,1H3,(H,19,20). The van der Waals surface area contributed by atoms with Crippen molar-refractivity contribution >= 4 is 5.97 Å². The summed E-state index contributed by atoms with van der Waals surface area (Å²) in [7, 11) is 0. The number of carboxylic acid groups (broad SMARTS) is 1. The fourth-order valence-corrected chi connectivity index (χ4v) is 3.60. The molecule has 3 heterocycles. The Morgan fingerprint density at radius 3 is 2.95 bits per heavy atom. The van der Waals surface area contributed by atoms with Crippen LogP contribution in [0.2, 0.25) is 0 Å². The summed E-state index contributed by atoms with van der Waals surface area (Å²) in [4.78, 5) is 13.9. The van der Waals surface area contributed by atoms with Gasteiger partial charge in [0.15, 0.2) is 0 Å². The van der Waals surface area contributed by atoms with Crippen LogP contribution in [0.5, 0.6) is 0 Å². The highest BCUT2D eigenvalue weighted by atomic mass is 16.4. The number of aromatic nitrogens is 3. The summed E-state index contributed by atoms with van der Waals surface area (Å²) in [5.74, 6) is 0.947. The summed E-state index contributed by atoms with van der Waals surface area (Å²) in [6.45, 7) is 4.37. The minimum Gasteiger partial charge on any atom is -0.480 e. The second kappa shape index (κ2) is 5.52. The first kappa shape index (κ1) is 13.5. The van der Waals surface area contributed by atoms with Crippen molar-refractivity contribution < 1.29 is 9.90 Å². The van der Waals surface area contributed by atoms with Gasteiger partial charge in [-0.3, -0.25) is 0 Å². The molecule has 0 aromatic carbocycles. The molecule has 2 aliphatic rings. The third kappa shape index (κ3) is 2.32. The van der Waals surface area contributed by atoms with Crippen LogP contribution in [0.15, 0.2) is 0 Å². The molecule has 0 spiro atoms. The number of likely N-dealkylation sites (N-methyl/N-ethyl adjacent to an activating group) is 1. The third-order valence-corrected chi connectivity index (χ3v) is 4.64. The molecule has 1 saturated heterocycles. The van der Waals surface area contributed by atoms with Gasteiger partial charge in [-0.05, 0) is 38.8 Å². The Bertz CT molecular complexity index is 499. The maximum absolute atomic E-state index is 11.4. The van der Waals surface area contributed by atoms with Crippen LogP contribution in [0.1, 0.15) is 50.3 Å². The summed E-state index contributed by atoms with van der Waals surface area (Å²) >= 11 is 0. The van der Waals surface area contributed by atoms with Gasteiger partial charge >= 0.3 is 5.97 Å². The lowest BCUT2D eigenvalue weighted by atomic mass is 10.0. The molecular weight excluding hydrogens is 256 g/mol. The summed E-state index contributed by atoms with van der Waals surface area (Å²) in [6, 6.07) is 0.0184. The summed E-state index contributed by atoms with van der Waals surface area (Å²) in [5.41, 5.74) is 0. The van der Waals surface area contributed by atoms with E-state index in [1.807, 2.05) is 4.57 Å². The molecule has 2 aliphatic heterocycles. The van der Waals surface area contributed by atoms with Gasteiger partial charge in [0, 0.05) is 18.9 Å². The molecule has 2 atom stereocenters. The molecule has 0 radical (unpaired) electrons. The summed E-state index contributed by atoms with van der Waals surface area (Å²) in [5, 5.41) is 17.9. The first-order valence-electron chi connectivity index (χ1n) is 7.60. The Balaban J connectivity index is 1.84. The van der Waals surface area contributed by atoms with Gasteiger partial charge in [0.2, 0.25) is 0 Å². The maximum atomic E-state index is 11.4. The lowest BCUT2D eigenvalue weighted by Crippen LogP contribution is -2.33. The average molecular weight is 278 g/mol. The Morgan fingerprint density at radius 1 is 1.35 bits per heavy atom. The fourth-order valence-electron chi connectivity index (χ4n) is 3.60. The number of hydrogen-bond donors (Lipinski definition) is 1. The highest BCUT2D eigenvalue weighted by molar-refractivity contribution is 5.72. The largest absolute Gasteiger partial charge is 0.480 e. The average Bonchev–Trinajstić information content (AvgIpc) is 3.06. The molecule has 0 saturated carbocycles. The SMILES string of the molecule is CCN1CCCC1Cc1nnc2n1C(C(=O)O)CCC2. The van der Waals surface area contributed by atoms with Gasteiger partial charge in [0.05, 0.1) is 0 Å². The van der Waals surface area contributed by atoms with Gasteiger partial charge in [0.1, 0.15) is 17.7 Å². The van der Waals surface area contributed by atoms with Crippen molar-refractivity contribution in [3.05, 3.63) is 11.6 Å². The molecule has 3 rings (SSSR count). The zero-order valence-electron chi connectivity index (χ0n) is 12.0. The molecule has 1 aromatic heterocycles. The van der Waals surface area contributed by atoms with Crippen molar-refractivity contribution in [2.24, 2.45) is 0 Å². The van der Waals surface area contributed by atoms with Crippen LogP contribution in [0.25, 0.3) is 0 Å². The molecule has 6 nitrogen and oxygen atoms in total. The Morgan fingerprint density at radius 2 is 2.20 bits per heavy atom. The first-order chi connectivity index (χ1) is 9.70. The van der Waals surface area contributed by atoms with E-state index >= 15 is 0 Å². The van der Waals surface area contributed by atoms with Crippen LogP contribution in [0.4, 0.5) is 0 Å². The molecule has 110 valence electrons. The number of carbonyl (C=O) groups is 1. The molecule has 2 unspecified atom stereocenters. The quantitative estimate of drug-likeness (QED) is 0.898. The van der Waals surface area contributed by atoms with Gasteiger partial charge in [-0.15, -0.1) is 10.2 Å². The highest BCUT2D eigenvalue weighted by Crippen LogP contribution is 2.28. The number of fused-ring (bicyclic) bond motifs is 1. The molecule has 0 aliphatic carbocycles. The Labute approximate surface area is 118 Å². The van der Waals surface area contributed by atoms with E-state index in [0.717, 1.165) is 44.0 Å². The normalized spacial score (nSPS) is 26.6. The van der Waals surface area contributed by atoms with Crippen molar-refractivity contribution in [2.45, 2.75) is 57.5 Å². The van der Waals surface area contributed by atoms with Crippen molar-refractivity contribution in [2.75, 3.05) is 13.1 Å². The number of rotatable bonds is 4. The maximum Gasteiger partial charge on any atom is 0.326 e. The smallest absolute Gasteiger partial charge is 0.326 e. The zero-order valence-corrected chi connectivity index (χ0v) is 12.0. The second-order valence-electron chi connectivity index (χ2n) is 5.78. The minimum absolute atomic E-state index is 0.472. The van der Waals surface area contributed by atoms with Crippen LogP contribution >= 0.6 is 0 Å². The van der Waals surface area contributed by atoms with Crippen molar-refractivity contribution in [3.8, 4) is 0 Å². The molecule has 1 fully saturated rings. The van der Waals surface area contributed by atoms with Crippen LogP contribution in [-0.2, 0) is 17.6 Å². The number of carboxylic acids is 1. The van der Waals surface area contributed by atoms with Gasteiger partial charge in [-0.2, -0.15) is 0 Å². The number of hydrogen-bond acceptors (Lipinski definition) is 4. The van der Waals surface area contributed by atoms with Gasteiger partial charge in [-0.1, -0.05) is 6.92 Å². The van der Waals surface area contributed by atoms with E-state index in [0.29, 0.717) is 12.5 Å². The van der Waals surface area contributed by atoms with E-state index in [1.54, 1.807) is 0 Å². The lowest BCUT2D eigenvalue weighted by molar-refractivity contribution is -0.141. The van der Waals surface area contributed by atoms with Crippen LogP contribution in [0, 0.1) is 0 Å². The summed E-state index contributed by atoms with van der Waals surface area (Å²) < 4.78 is 1.89. The van der Waals surface area contributed by atoms with Gasteiger partial charge < -0.3 is 14.6 Å². The number of aryl methyl sites for hydroxylation is 1. The van der Waals surface area contributed by atoms with E-state index < -0.39 is 12.0 Å². The predicted octanol–water partition coefficient (Wildman–Crippen LogP) is 1.27. The highest BCUT2D eigenvalue weighted by Gasteiger charge is 2.32. The second-order valence-corrected chi connectivity index (χ2v) is 5.78. The van der Waals surface area contributed by atoms with Crippen LogP contribution in [0.3, 0.4) is 0 Å². The number of likely N-dealkylation sites (tertiary alicyclic amines) is 1. The van der Waals surface area contributed by atoms with Crippen LogP contribution < -0.4 is 0 Å².